The maximum atomic E-state index is 12.0. The van der Waals surface area contributed by atoms with Crippen molar-refractivity contribution < 1.29 is 4.79 Å². The van der Waals surface area contributed by atoms with E-state index in [0.29, 0.717) is 5.56 Å². The third-order valence-electron chi connectivity index (χ3n) is 2.64. The molecule has 0 bridgehead atoms. The highest BCUT2D eigenvalue weighted by Crippen LogP contribution is 2.16. The highest BCUT2D eigenvalue weighted by Gasteiger charge is 2.22. The third-order valence-corrected chi connectivity index (χ3v) is 3.23. The van der Waals surface area contributed by atoms with Crippen molar-refractivity contribution in [3.05, 3.63) is 34.9 Å². The second-order valence-electron chi connectivity index (χ2n) is 5.14. The molecule has 0 radical (unpaired) electrons. The van der Waals surface area contributed by atoms with Crippen LogP contribution in [0.4, 0.5) is 0 Å². The molecule has 1 rings (SSSR count). The van der Waals surface area contributed by atoms with E-state index >= 15 is 0 Å². The van der Waals surface area contributed by atoms with Crippen LogP contribution in [-0.2, 0) is 0 Å². The minimum Gasteiger partial charge on any atom is -0.270 e. The van der Waals surface area contributed by atoms with Gasteiger partial charge in [-0.2, -0.15) is 0 Å². The van der Waals surface area contributed by atoms with Crippen LogP contribution < -0.4 is 5.43 Å². The van der Waals surface area contributed by atoms with Crippen molar-refractivity contribution in [2.45, 2.75) is 40.2 Å². The van der Waals surface area contributed by atoms with E-state index in [4.69, 9.17) is 11.8 Å². The normalized spacial score (nSPS) is 11.1. The number of carbonyl (C=O) groups is 1. The van der Waals surface area contributed by atoms with Crippen molar-refractivity contribution in [1.29, 1.82) is 0 Å². The molecular weight excluding hydrogens is 271 g/mol. The lowest BCUT2D eigenvalue weighted by Crippen LogP contribution is -2.46. The van der Waals surface area contributed by atoms with Crippen molar-refractivity contribution in [2.24, 2.45) is 0 Å². The number of nitrogens with zero attached hydrogens (tertiary/aromatic N) is 1. The fourth-order valence-electron chi connectivity index (χ4n) is 1.31. The smallest absolute Gasteiger partial charge is 0.266 e. The van der Waals surface area contributed by atoms with Crippen LogP contribution >= 0.6 is 24.2 Å². The Balaban J connectivity index is 0.00000289. The molecule has 1 N–H and O–H groups in total. The van der Waals surface area contributed by atoms with Crippen LogP contribution in [0.5, 0.6) is 0 Å². The zero-order chi connectivity index (χ0) is 13.2. The Labute approximate surface area is 120 Å². The van der Waals surface area contributed by atoms with Crippen molar-refractivity contribution in [3.63, 3.8) is 0 Å². The summed E-state index contributed by atoms with van der Waals surface area (Å²) in [4.78, 5) is 12.0. The number of hydrogen-bond acceptors (Lipinski definition) is 2. The van der Waals surface area contributed by atoms with E-state index < -0.39 is 0 Å². The summed E-state index contributed by atoms with van der Waals surface area (Å²) >= 11 is 6.00. The van der Waals surface area contributed by atoms with E-state index in [2.05, 4.69) is 5.43 Å². The van der Waals surface area contributed by atoms with Crippen LogP contribution in [0, 0.1) is 13.8 Å². The molecular formula is C13H20Cl2N2O. The summed E-state index contributed by atoms with van der Waals surface area (Å²) in [6, 6.07) is 5.65. The van der Waals surface area contributed by atoms with Gasteiger partial charge in [0.2, 0.25) is 0 Å². The zero-order valence-corrected chi connectivity index (χ0v) is 12.9. The Kier molecular flexibility index (Phi) is 6.14. The molecule has 1 amide bonds. The number of halogens is 2. The molecule has 0 fully saturated rings. The minimum atomic E-state index is -0.324. The Bertz CT molecular complexity index is 427. The van der Waals surface area contributed by atoms with Crippen LogP contribution in [-0.4, -0.2) is 16.0 Å². The van der Waals surface area contributed by atoms with Crippen molar-refractivity contribution >= 4 is 30.1 Å². The first kappa shape index (κ1) is 17.2. The molecule has 5 heteroatoms. The average molecular weight is 291 g/mol. The Morgan fingerprint density at radius 3 is 2.33 bits per heavy atom. The molecule has 3 nitrogen and oxygen atoms in total. The van der Waals surface area contributed by atoms with Gasteiger partial charge in [0.15, 0.2) is 0 Å². The summed E-state index contributed by atoms with van der Waals surface area (Å²) in [6.45, 7) is 9.67. The number of hydrazine groups is 1. The summed E-state index contributed by atoms with van der Waals surface area (Å²) in [5.41, 5.74) is 5.06. The van der Waals surface area contributed by atoms with Crippen LogP contribution in [0.3, 0.4) is 0 Å². The predicted molar refractivity (Wildman–Crippen MR) is 78.1 cm³/mol. The van der Waals surface area contributed by atoms with Gasteiger partial charge in [-0.15, -0.1) is 16.9 Å². The summed E-state index contributed by atoms with van der Waals surface area (Å²) in [7, 11) is 0. The van der Waals surface area contributed by atoms with E-state index in [-0.39, 0.29) is 23.9 Å². The summed E-state index contributed by atoms with van der Waals surface area (Å²) in [6.07, 6.45) is 0. The van der Waals surface area contributed by atoms with Gasteiger partial charge < -0.3 is 0 Å². The van der Waals surface area contributed by atoms with Crippen LogP contribution in [0.15, 0.2) is 18.2 Å². The number of benzene rings is 1. The first-order chi connectivity index (χ1) is 7.73. The monoisotopic (exact) mass is 290 g/mol. The Morgan fingerprint density at radius 1 is 1.28 bits per heavy atom. The lowest BCUT2D eigenvalue weighted by molar-refractivity contribution is 0.0805. The fraction of sp³-hybridized carbons (Fsp3) is 0.462. The number of amides is 1. The molecule has 0 aliphatic rings. The maximum Gasteiger partial charge on any atom is 0.266 e. The minimum absolute atomic E-state index is 0. The molecule has 0 saturated heterocycles. The van der Waals surface area contributed by atoms with E-state index in [1.54, 1.807) is 6.07 Å². The van der Waals surface area contributed by atoms with Gasteiger partial charge in [0, 0.05) is 22.9 Å². The lowest BCUT2D eigenvalue weighted by atomic mass is 10.0. The number of carbonyl (C=O) groups excluding carboxylic acids is 1. The van der Waals surface area contributed by atoms with Crippen molar-refractivity contribution in [1.82, 2.24) is 9.95 Å². The average Bonchev–Trinajstić information content (AvgIpc) is 2.20. The number of rotatable bonds is 2. The van der Waals surface area contributed by atoms with E-state index in [1.165, 1.54) is 4.53 Å². The van der Waals surface area contributed by atoms with Crippen molar-refractivity contribution in [2.75, 3.05) is 0 Å². The lowest BCUT2D eigenvalue weighted by Gasteiger charge is -2.28. The fourth-order valence-corrected chi connectivity index (χ4v) is 1.39. The predicted octanol–water partition coefficient (Wildman–Crippen LogP) is 3.62. The zero-order valence-electron chi connectivity index (χ0n) is 11.4. The Morgan fingerprint density at radius 2 is 1.83 bits per heavy atom. The second-order valence-corrected chi connectivity index (χ2v) is 5.48. The molecule has 0 aromatic heterocycles. The molecule has 0 saturated carbocycles. The standard InChI is InChI=1S/C13H19ClN2O.ClH/c1-9-7-6-8-11(10(9)2)12(17)15-16(14)13(3,4)5;/h6-8H,1-5H3,(H,15,17);1H. The quantitative estimate of drug-likeness (QED) is 0.666. The SMILES string of the molecule is Cc1cccc(C(=O)NN(Cl)C(C)(C)C)c1C.Cl. The largest absolute Gasteiger partial charge is 0.270 e. The van der Waals surface area contributed by atoms with Crippen molar-refractivity contribution in [3.8, 4) is 0 Å². The molecule has 18 heavy (non-hydrogen) atoms. The molecule has 1 aromatic carbocycles. The van der Waals surface area contributed by atoms with Gasteiger partial charge in [-0.25, -0.2) is 0 Å². The number of hydrogen-bond donors (Lipinski definition) is 1. The highest BCUT2D eigenvalue weighted by atomic mass is 35.5. The van der Waals surface area contributed by atoms with Crippen LogP contribution in [0.25, 0.3) is 0 Å². The highest BCUT2D eigenvalue weighted by molar-refractivity contribution is 6.14. The summed E-state index contributed by atoms with van der Waals surface area (Å²) < 4.78 is 1.30. The number of aryl methyl sites for hydroxylation is 1. The molecule has 0 heterocycles. The van der Waals surface area contributed by atoms with Crippen LogP contribution in [0.2, 0.25) is 0 Å². The van der Waals surface area contributed by atoms with Gasteiger partial charge in [0.25, 0.3) is 5.91 Å². The van der Waals surface area contributed by atoms with Gasteiger partial charge in [-0.05, 0) is 51.8 Å². The van der Waals surface area contributed by atoms with E-state index in [0.717, 1.165) is 11.1 Å². The maximum absolute atomic E-state index is 12.0. The third kappa shape index (κ3) is 4.16. The first-order valence-corrected chi connectivity index (χ1v) is 5.90. The second kappa shape index (κ2) is 6.41. The Hall–Kier alpha value is -0.770. The van der Waals surface area contributed by atoms with Gasteiger partial charge in [-0.3, -0.25) is 10.2 Å². The molecule has 0 spiro atoms. The van der Waals surface area contributed by atoms with Gasteiger partial charge in [-0.1, -0.05) is 12.1 Å². The molecule has 0 atom stereocenters. The summed E-state index contributed by atoms with van der Waals surface area (Å²) in [5.74, 6) is -0.184. The summed E-state index contributed by atoms with van der Waals surface area (Å²) in [5, 5.41) is 0. The van der Waals surface area contributed by atoms with E-state index in [9.17, 15) is 4.79 Å². The first-order valence-electron chi connectivity index (χ1n) is 5.56. The molecule has 0 aliphatic heterocycles. The topological polar surface area (TPSA) is 32.3 Å². The van der Waals surface area contributed by atoms with E-state index in [1.807, 2.05) is 46.8 Å². The van der Waals surface area contributed by atoms with Gasteiger partial charge in [0.1, 0.15) is 0 Å². The van der Waals surface area contributed by atoms with Crippen LogP contribution in [0.1, 0.15) is 42.3 Å². The number of nitrogens with one attached hydrogen (secondary N) is 1. The molecule has 102 valence electrons. The molecule has 0 unspecified atom stereocenters. The van der Waals surface area contributed by atoms with Gasteiger partial charge in [0.05, 0.1) is 0 Å². The molecule has 1 aromatic rings. The molecule has 0 aliphatic carbocycles. The van der Waals surface area contributed by atoms with Gasteiger partial charge >= 0.3 is 0 Å².